The van der Waals surface area contributed by atoms with Crippen LogP contribution in [0, 0.1) is 0 Å². The van der Waals surface area contributed by atoms with E-state index in [1.54, 1.807) is 0 Å². The summed E-state index contributed by atoms with van der Waals surface area (Å²) in [4.78, 5) is 2.54. The van der Waals surface area contributed by atoms with Crippen molar-refractivity contribution in [2.75, 3.05) is 4.90 Å². The fraction of sp³-hybridized carbons (Fsp3) is 0.143. The van der Waals surface area contributed by atoms with Gasteiger partial charge in [-0.05, 0) is 149 Å². The molecule has 0 saturated heterocycles. The molecule has 0 fully saturated rings. The van der Waals surface area contributed by atoms with Crippen LogP contribution in [0.3, 0.4) is 0 Å². The van der Waals surface area contributed by atoms with Crippen molar-refractivity contribution < 1.29 is 4.74 Å². The average molecular weight is 926 g/mol. The Bertz CT molecular complexity index is 3750. The average Bonchev–Trinajstić information content (AvgIpc) is 3.98. The van der Waals surface area contributed by atoms with Gasteiger partial charge in [0.2, 0.25) is 0 Å². The number of rotatable bonds is 4. The number of anilines is 3. The lowest BCUT2D eigenvalue weighted by Crippen LogP contribution is -2.33. The van der Waals surface area contributed by atoms with Crippen LogP contribution in [0.1, 0.15) is 97.2 Å². The van der Waals surface area contributed by atoms with Crippen LogP contribution in [0.5, 0.6) is 11.5 Å². The van der Waals surface area contributed by atoms with Gasteiger partial charge in [-0.15, -0.1) is 0 Å². The van der Waals surface area contributed by atoms with Crippen molar-refractivity contribution in [3.05, 3.63) is 280 Å². The minimum Gasteiger partial charge on any atom is -0.457 e. The second-order valence-corrected chi connectivity index (χ2v) is 22.4. The van der Waals surface area contributed by atoms with E-state index >= 15 is 0 Å². The highest BCUT2D eigenvalue weighted by Crippen LogP contribution is 2.66. The van der Waals surface area contributed by atoms with Crippen molar-refractivity contribution in [1.82, 2.24) is 0 Å². The summed E-state index contributed by atoms with van der Waals surface area (Å²) in [7, 11) is 0. The number of fused-ring (bicyclic) bond motifs is 19. The summed E-state index contributed by atoms with van der Waals surface area (Å²) in [5.41, 5.74) is 24.8. The highest BCUT2D eigenvalue weighted by Gasteiger charge is 2.54. The molecule has 0 radical (unpaired) electrons. The molecule has 4 aliphatic rings. The van der Waals surface area contributed by atoms with Crippen LogP contribution < -0.4 is 9.64 Å². The summed E-state index contributed by atoms with van der Waals surface area (Å²) in [6, 6.07) is 84.8. The molecule has 1 aliphatic heterocycles. The van der Waals surface area contributed by atoms with Crippen molar-refractivity contribution >= 4 is 17.1 Å². The Hall–Kier alpha value is -8.20. The predicted octanol–water partition coefficient (Wildman–Crippen LogP) is 18.2. The number of hydrogen-bond acceptors (Lipinski definition) is 2. The Labute approximate surface area is 423 Å². The highest BCUT2D eigenvalue weighted by atomic mass is 16.5. The van der Waals surface area contributed by atoms with Gasteiger partial charge < -0.3 is 9.64 Å². The van der Waals surface area contributed by atoms with Gasteiger partial charge in [-0.25, -0.2) is 0 Å². The van der Waals surface area contributed by atoms with E-state index in [4.69, 9.17) is 4.74 Å². The number of nitrogens with zero attached hydrogens (tertiary/aromatic N) is 1. The van der Waals surface area contributed by atoms with E-state index in [9.17, 15) is 0 Å². The van der Waals surface area contributed by atoms with Crippen LogP contribution in [0.15, 0.2) is 224 Å². The monoisotopic (exact) mass is 925 g/mol. The molecule has 0 atom stereocenters. The molecule has 2 nitrogen and oxygen atoms in total. The summed E-state index contributed by atoms with van der Waals surface area (Å²) in [5, 5.41) is 0. The maximum Gasteiger partial charge on any atom is 0.132 e. The van der Waals surface area contributed by atoms with Gasteiger partial charge in [-0.2, -0.15) is 0 Å². The largest absolute Gasteiger partial charge is 0.457 e. The smallest absolute Gasteiger partial charge is 0.132 e. The molecule has 0 bridgehead atoms. The lowest BCUT2D eigenvalue weighted by molar-refractivity contribution is 0.433. The molecule has 0 saturated carbocycles. The Balaban J connectivity index is 1.08. The fourth-order valence-corrected chi connectivity index (χ4v) is 13.2. The summed E-state index contributed by atoms with van der Waals surface area (Å²) in [6.45, 7) is 13.9. The zero-order valence-corrected chi connectivity index (χ0v) is 41.7. The number of hydrogen-bond donors (Lipinski definition) is 0. The molecule has 346 valence electrons. The fourth-order valence-electron chi connectivity index (χ4n) is 13.2. The molecule has 0 unspecified atom stereocenters. The van der Waals surface area contributed by atoms with Crippen LogP contribution in [0.2, 0.25) is 0 Å². The molecule has 14 rings (SSSR count). The van der Waals surface area contributed by atoms with Crippen LogP contribution in [-0.4, -0.2) is 0 Å². The molecule has 72 heavy (non-hydrogen) atoms. The first kappa shape index (κ1) is 42.7. The number of ether oxygens (including phenoxy) is 1. The molecule has 2 spiro atoms. The van der Waals surface area contributed by atoms with Crippen molar-refractivity contribution in [2.24, 2.45) is 0 Å². The van der Waals surface area contributed by atoms with E-state index in [0.717, 1.165) is 34.1 Å². The number of para-hydroxylation sites is 1. The van der Waals surface area contributed by atoms with Gasteiger partial charge in [0.15, 0.2) is 0 Å². The van der Waals surface area contributed by atoms with Gasteiger partial charge in [0.25, 0.3) is 0 Å². The summed E-state index contributed by atoms with van der Waals surface area (Å²) in [5.74, 6) is 1.80. The van der Waals surface area contributed by atoms with E-state index in [0.29, 0.717) is 0 Å². The van der Waals surface area contributed by atoms with Gasteiger partial charge >= 0.3 is 0 Å². The van der Waals surface area contributed by atoms with Gasteiger partial charge in [0, 0.05) is 28.1 Å². The summed E-state index contributed by atoms with van der Waals surface area (Å²) in [6.07, 6.45) is 0. The molecule has 0 amide bonds. The van der Waals surface area contributed by atoms with Gasteiger partial charge in [-0.1, -0.05) is 211 Å². The van der Waals surface area contributed by atoms with Crippen LogP contribution in [-0.2, 0) is 21.7 Å². The third kappa shape index (κ3) is 5.78. The molecule has 2 heteroatoms. The molecule has 0 N–H and O–H groups in total. The summed E-state index contributed by atoms with van der Waals surface area (Å²) >= 11 is 0. The molecule has 3 aliphatic carbocycles. The van der Waals surface area contributed by atoms with E-state index in [2.05, 4.69) is 271 Å². The second kappa shape index (κ2) is 15.2. The Kier molecular flexibility index (Phi) is 8.98. The molecular formula is C70H55NO. The summed E-state index contributed by atoms with van der Waals surface area (Å²) < 4.78 is 7.07. The number of benzene rings is 10. The second-order valence-electron chi connectivity index (χ2n) is 22.4. The third-order valence-corrected chi connectivity index (χ3v) is 16.5. The van der Waals surface area contributed by atoms with E-state index in [1.807, 2.05) is 0 Å². The predicted molar refractivity (Wildman–Crippen MR) is 298 cm³/mol. The first-order valence-corrected chi connectivity index (χ1v) is 25.6. The standard InChI is InChI=1S/C70H55NO/c1-67(2,3)45-32-38-65-62(40-45)70(63-41-46(68(4,5)6)33-39-66(63)72-65)59-30-18-13-26-53(59)55-37-35-48(43-61(55)70)71(64-31-19-14-22-49(64)44-20-8-7-9-21-44)47-34-36-54-52-25-12-17-29-58(52)69(60(54)42-47)56-27-15-10-23-50(56)51-24-11-16-28-57(51)69/h7-43H,1-6H3. The topological polar surface area (TPSA) is 12.5 Å². The van der Waals surface area contributed by atoms with Crippen molar-refractivity contribution in [3.63, 3.8) is 0 Å². The van der Waals surface area contributed by atoms with Crippen LogP contribution >= 0.6 is 0 Å². The maximum absolute atomic E-state index is 7.07. The van der Waals surface area contributed by atoms with E-state index in [1.165, 1.54) is 94.6 Å². The Morgan fingerprint density at radius 2 is 0.667 bits per heavy atom. The normalized spacial score (nSPS) is 14.6. The zero-order valence-electron chi connectivity index (χ0n) is 41.7. The van der Waals surface area contributed by atoms with Crippen molar-refractivity contribution in [2.45, 2.75) is 63.2 Å². The lowest BCUT2D eigenvalue weighted by Gasteiger charge is -2.41. The molecule has 0 aromatic heterocycles. The molecule has 1 heterocycles. The van der Waals surface area contributed by atoms with Crippen molar-refractivity contribution in [1.29, 1.82) is 0 Å². The van der Waals surface area contributed by atoms with E-state index < -0.39 is 10.8 Å². The maximum atomic E-state index is 7.07. The molecule has 10 aromatic carbocycles. The van der Waals surface area contributed by atoms with E-state index in [-0.39, 0.29) is 10.8 Å². The molecule has 10 aromatic rings. The molecular weight excluding hydrogens is 871 g/mol. The van der Waals surface area contributed by atoms with Crippen LogP contribution in [0.4, 0.5) is 17.1 Å². The first-order valence-electron chi connectivity index (χ1n) is 25.6. The van der Waals surface area contributed by atoms with Gasteiger partial charge in [0.05, 0.1) is 16.5 Å². The van der Waals surface area contributed by atoms with Gasteiger partial charge in [-0.3, -0.25) is 0 Å². The quantitative estimate of drug-likeness (QED) is 0.174. The SMILES string of the molecule is CC(C)(C)c1ccc2c(c1)C1(c3cc(C(C)(C)C)ccc3O2)c2ccccc2-c2ccc(N(c3ccc4c(c3)C3(c5ccccc5-c5ccccc53)c3ccccc3-4)c3ccccc3-c3ccccc3)cc21. The minimum absolute atomic E-state index is 0.0879. The zero-order chi connectivity index (χ0) is 48.7. The van der Waals surface area contributed by atoms with Gasteiger partial charge in [0.1, 0.15) is 11.5 Å². The highest BCUT2D eigenvalue weighted by molar-refractivity contribution is 5.98. The van der Waals surface area contributed by atoms with Crippen molar-refractivity contribution in [3.8, 4) is 56.0 Å². The minimum atomic E-state index is -0.682. The Morgan fingerprint density at radius 1 is 0.306 bits per heavy atom. The first-order chi connectivity index (χ1) is 35.0. The third-order valence-electron chi connectivity index (χ3n) is 16.5. The lowest BCUT2D eigenvalue weighted by atomic mass is 9.64. The Morgan fingerprint density at radius 3 is 1.10 bits per heavy atom. The van der Waals surface area contributed by atoms with Crippen LogP contribution in [0.25, 0.3) is 44.5 Å².